The van der Waals surface area contributed by atoms with Gasteiger partial charge in [0.05, 0.1) is 0 Å². The Balaban J connectivity index is 1.66. The fraction of sp³-hybridized carbons (Fsp3) is 0.625. The summed E-state index contributed by atoms with van der Waals surface area (Å²) >= 11 is 0. The summed E-state index contributed by atoms with van der Waals surface area (Å²) in [7, 11) is 0. The van der Waals surface area contributed by atoms with Crippen LogP contribution in [0.25, 0.3) is 0 Å². The van der Waals surface area contributed by atoms with Crippen molar-refractivity contribution >= 4 is 0 Å². The molecule has 1 aromatic rings. The molecule has 1 fully saturated rings. The molecular weight excluding hydrogens is 220 g/mol. The van der Waals surface area contributed by atoms with Gasteiger partial charge in [0.2, 0.25) is 0 Å². The highest BCUT2D eigenvalue weighted by Gasteiger charge is 2.17. The highest BCUT2D eigenvalue weighted by atomic mass is 15.1. The Bertz CT molecular complexity index is 408. The third kappa shape index (κ3) is 2.60. The van der Waals surface area contributed by atoms with Gasteiger partial charge in [0.25, 0.3) is 0 Å². The average molecular weight is 244 g/mol. The number of likely N-dealkylation sites (tertiary alicyclic amines) is 1. The normalized spacial score (nSPS) is 21.8. The Kier molecular flexibility index (Phi) is 3.67. The van der Waals surface area contributed by atoms with Gasteiger partial charge in [-0.1, -0.05) is 24.6 Å². The van der Waals surface area contributed by atoms with E-state index in [9.17, 15) is 0 Å². The maximum Gasteiger partial charge on any atom is 0.0424 e. The quantitative estimate of drug-likeness (QED) is 0.885. The second-order valence-corrected chi connectivity index (χ2v) is 5.85. The highest BCUT2D eigenvalue weighted by molar-refractivity contribution is 5.36. The maximum atomic E-state index is 6.38. The van der Waals surface area contributed by atoms with Crippen LogP contribution in [-0.4, -0.2) is 24.5 Å². The van der Waals surface area contributed by atoms with Crippen molar-refractivity contribution in [2.24, 2.45) is 5.73 Å². The molecule has 18 heavy (non-hydrogen) atoms. The zero-order chi connectivity index (χ0) is 12.4. The summed E-state index contributed by atoms with van der Waals surface area (Å²) in [6.45, 7) is 3.50. The zero-order valence-electron chi connectivity index (χ0n) is 11.2. The van der Waals surface area contributed by atoms with Crippen molar-refractivity contribution in [2.75, 3.05) is 19.6 Å². The summed E-state index contributed by atoms with van der Waals surface area (Å²) in [5.41, 5.74) is 10.8. The molecule has 1 heterocycles. The van der Waals surface area contributed by atoms with Crippen LogP contribution in [0.1, 0.15) is 48.4 Å². The van der Waals surface area contributed by atoms with E-state index < -0.39 is 0 Å². The first-order valence-corrected chi connectivity index (χ1v) is 7.42. The maximum absolute atomic E-state index is 6.38. The number of nitrogens with zero attached hydrogens (tertiary/aromatic N) is 1. The fourth-order valence-corrected chi connectivity index (χ4v) is 3.35. The van der Waals surface area contributed by atoms with Gasteiger partial charge in [-0.15, -0.1) is 0 Å². The van der Waals surface area contributed by atoms with Gasteiger partial charge in [-0.2, -0.15) is 0 Å². The molecule has 0 bridgehead atoms. The van der Waals surface area contributed by atoms with Crippen LogP contribution in [0.4, 0.5) is 0 Å². The summed E-state index contributed by atoms with van der Waals surface area (Å²) in [6, 6.07) is 7.10. The van der Waals surface area contributed by atoms with E-state index in [4.69, 9.17) is 5.73 Å². The van der Waals surface area contributed by atoms with Gasteiger partial charge in [0, 0.05) is 12.6 Å². The van der Waals surface area contributed by atoms with Crippen molar-refractivity contribution in [3.8, 4) is 0 Å². The van der Waals surface area contributed by atoms with Crippen molar-refractivity contribution in [1.82, 2.24) is 4.90 Å². The largest absolute Gasteiger partial charge is 0.323 e. The lowest BCUT2D eigenvalue weighted by molar-refractivity contribution is 0.216. The van der Waals surface area contributed by atoms with Crippen molar-refractivity contribution in [3.63, 3.8) is 0 Å². The SMILES string of the molecule is NC(CN1CCCCC1)c1ccc2c(c1)CCC2. The van der Waals surface area contributed by atoms with Crippen LogP contribution in [0.15, 0.2) is 18.2 Å². The average Bonchev–Trinajstić information content (AvgIpc) is 2.87. The van der Waals surface area contributed by atoms with Gasteiger partial charge in [-0.05, 0) is 61.9 Å². The van der Waals surface area contributed by atoms with Crippen LogP contribution in [0.3, 0.4) is 0 Å². The first kappa shape index (κ1) is 12.2. The second kappa shape index (κ2) is 5.41. The van der Waals surface area contributed by atoms with Crippen molar-refractivity contribution in [2.45, 2.75) is 44.6 Å². The van der Waals surface area contributed by atoms with Crippen LogP contribution in [0.2, 0.25) is 0 Å². The van der Waals surface area contributed by atoms with Crippen molar-refractivity contribution in [1.29, 1.82) is 0 Å². The minimum absolute atomic E-state index is 0.189. The minimum atomic E-state index is 0.189. The molecule has 0 spiro atoms. The molecule has 2 nitrogen and oxygen atoms in total. The van der Waals surface area contributed by atoms with Crippen molar-refractivity contribution in [3.05, 3.63) is 34.9 Å². The molecule has 2 aliphatic rings. The van der Waals surface area contributed by atoms with E-state index in [1.807, 2.05) is 0 Å². The molecule has 0 amide bonds. The van der Waals surface area contributed by atoms with Gasteiger partial charge < -0.3 is 10.6 Å². The van der Waals surface area contributed by atoms with E-state index in [0.717, 1.165) is 6.54 Å². The van der Waals surface area contributed by atoms with E-state index >= 15 is 0 Å². The molecule has 3 rings (SSSR count). The molecule has 1 saturated heterocycles. The Morgan fingerprint density at radius 1 is 1.00 bits per heavy atom. The fourth-order valence-electron chi connectivity index (χ4n) is 3.35. The lowest BCUT2D eigenvalue weighted by Gasteiger charge is -2.29. The molecular formula is C16H24N2. The first-order chi connectivity index (χ1) is 8.83. The van der Waals surface area contributed by atoms with Gasteiger partial charge in [-0.3, -0.25) is 0 Å². The number of rotatable bonds is 3. The predicted molar refractivity (Wildman–Crippen MR) is 75.7 cm³/mol. The van der Waals surface area contributed by atoms with Gasteiger partial charge in [0.15, 0.2) is 0 Å². The molecule has 1 aliphatic carbocycles. The molecule has 98 valence electrons. The summed E-state index contributed by atoms with van der Waals surface area (Å²) < 4.78 is 0. The van der Waals surface area contributed by atoms with Crippen LogP contribution < -0.4 is 5.73 Å². The van der Waals surface area contributed by atoms with Crippen LogP contribution in [0.5, 0.6) is 0 Å². The highest BCUT2D eigenvalue weighted by Crippen LogP contribution is 2.25. The Morgan fingerprint density at radius 2 is 1.78 bits per heavy atom. The van der Waals surface area contributed by atoms with Gasteiger partial charge >= 0.3 is 0 Å². The summed E-state index contributed by atoms with van der Waals surface area (Å²) in [4.78, 5) is 2.53. The second-order valence-electron chi connectivity index (χ2n) is 5.85. The Hall–Kier alpha value is -0.860. The third-order valence-corrected chi connectivity index (χ3v) is 4.45. The minimum Gasteiger partial charge on any atom is -0.323 e. The molecule has 1 unspecified atom stereocenters. The van der Waals surface area contributed by atoms with E-state index in [0.29, 0.717) is 0 Å². The molecule has 1 aliphatic heterocycles. The van der Waals surface area contributed by atoms with Gasteiger partial charge in [-0.25, -0.2) is 0 Å². The monoisotopic (exact) mass is 244 g/mol. The van der Waals surface area contributed by atoms with E-state index in [1.165, 1.54) is 57.2 Å². The smallest absolute Gasteiger partial charge is 0.0424 e. The summed E-state index contributed by atoms with van der Waals surface area (Å²) in [5, 5.41) is 0. The van der Waals surface area contributed by atoms with Gasteiger partial charge in [0.1, 0.15) is 0 Å². The number of fused-ring (bicyclic) bond motifs is 1. The Morgan fingerprint density at radius 3 is 2.61 bits per heavy atom. The lowest BCUT2D eigenvalue weighted by atomic mass is 10.0. The molecule has 1 atom stereocenters. The molecule has 0 saturated carbocycles. The molecule has 1 aromatic carbocycles. The molecule has 0 radical (unpaired) electrons. The number of hydrogen-bond donors (Lipinski definition) is 1. The molecule has 2 heteroatoms. The number of piperidine rings is 1. The summed E-state index contributed by atoms with van der Waals surface area (Å²) in [5.74, 6) is 0. The number of benzene rings is 1. The zero-order valence-corrected chi connectivity index (χ0v) is 11.2. The summed E-state index contributed by atoms with van der Waals surface area (Å²) in [6.07, 6.45) is 7.91. The Labute approximate surface area is 110 Å². The first-order valence-electron chi connectivity index (χ1n) is 7.42. The lowest BCUT2D eigenvalue weighted by Crippen LogP contribution is -2.36. The molecule has 0 aromatic heterocycles. The molecule has 2 N–H and O–H groups in total. The third-order valence-electron chi connectivity index (χ3n) is 4.45. The van der Waals surface area contributed by atoms with Crippen LogP contribution in [-0.2, 0) is 12.8 Å². The van der Waals surface area contributed by atoms with E-state index in [2.05, 4.69) is 23.1 Å². The number of aryl methyl sites for hydroxylation is 2. The van der Waals surface area contributed by atoms with E-state index in [-0.39, 0.29) is 6.04 Å². The van der Waals surface area contributed by atoms with E-state index in [1.54, 1.807) is 11.1 Å². The van der Waals surface area contributed by atoms with Crippen LogP contribution >= 0.6 is 0 Å². The van der Waals surface area contributed by atoms with Crippen molar-refractivity contribution < 1.29 is 0 Å². The predicted octanol–water partition coefficient (Wildman–Crippen LogP) is 2.66. The number of hydrogen-bond acceptors (Lipinski definition) is 2. The standard InChI is InChI=1S/C16H24N2/c17-16(12-18-9-2-1-3-10-18)15-8-7-13-5-4-6-14(13)11-15/h7-8,11,16H,1-6,9-10,12,17H2. The number of nitrogens with two attached hydrogens (primary N) is 1. The topological polar surface area (TPSA) is 29.3 Å². The van der Waals surface area contributed by atoms with Crippen LogP contribution in [0, 0.1) is 0 Å².